The third-order valence-electron chi connectivity index (χ3n) is 3.22. The largest absolute Gasteiger partial charge is 0.456 e. The fourth-order valence-corrected chi connectivity index (χ4v) is 3.37. The molecule has 9 heteroatoms. The van der Waals surface area contributed by atoms with E-state index in [1.807, 2.05) is 0 Å². The predicted octanol–water partition coefficient (Wildman–Crippen LogP) is 2.82. The first kappa shape index (κ1) is 19.9. The fraction of sp³-hybridized carbons (Fsp3) is 0.176. The van der Waals surface area contributed by atoms with Crippen LogP contribution in [0.1, 0.15) is 6.42 Å². The molecule has 138 valence electrons. The van der Waals surface area contributed by atoms with Crippen LogP contribution in [0, 0.1) is 5.82 Å². The van der Waals surface area contributed by atoms with E-state index in [1.54, 1.807) is 18.2 Å². The van der Waals surface area contributed by atoms with Gasteiger partial charge in [0, 0.05) is 10.7 Å². The number of rotatable bonds is 7. The van der Waals surface area contributed by atoms with Crippen molar-refractivity contribution < 1.29 is 27.1 Å². The molecular formula is C17H15ClFNO5S. The molecule has 2 rings (SSSR count). The monoisotopic (exact) mass is 399 g/mol. The maximum absolute atomic E-state index is 12.8. The summed E-state index contributed by atoms with van der Waals surface area (Å²) in [5.74, 6) is -2.49. The lowest BCUT2D eigenvalue weighted by atomic mass is 10.3. The molecule has 26 heavy (non-hydrogen) atoms. The van der Waals surface area contributed by atoms with Gasteiger partial charge in [0.15, 0.2) is 16.4 Å². The van der Waals surface area contributed by atoms with E-state index in [0.717, 1.165) is 24.3 Å². The molecule has 0 heterocycles. The van der Waals surface area contributed by atoms with Crippen molar-refractivity contribution in [3.05, 3.63) is 59.4 Å². The van der Waals surface area contributed by atoms with Crippen LogP contribution in [0.5, 0.6) is 0 Å². The number of benzene rings is 2. The van der Waals surface area contributed by atoms with Gasteiger partial charge in [-0.3, -0.25) is 9.59 Å². The maximum atomic E-state index is 12.8. The van der Waals surface area contributed by atoms with E-state index >= 15 is 0 Å². The number of carbonyl (C=O) groups excluding carboxylic acids is 2. The van der Waals surface area contributed by atoms with Crippen molar-refractivity contribution >= 4 is 39.0 Å². The molecule has 0 saturated heterocycles. The minimum absolute atomic E-state index is 0.0922. The molecule has 0 saturated carbocycles. The van der Waals surface area contributed by atoms with Gasteiger partial charge < -0.3 is 10.1 Å². The SMILES string of the molecule is O=C(COC(=O)CCS(=O)(=O)c1ccc(F)cc1)Nc1cccc(Cl)c1. The van der Waals surface area contributed by atoms with E-state index < -0.39 is 46.3 Å². The minimum atomic E-state index is -3.75. The summed E-state index contributed by atoms with van der Waals surface area (Å²) in [5.41, 5.74) is 0.442. The highest BCUT2D eigenvalue weighted by atomic mass is 35.5. The predicted molar refractivity (Wildman–Crippen MR) is 94.1 cm³/mol. The van der Waals surface area contributed by atoms with Gasteiger partial charge in [0.25, 0.3) is 5.91 Å². The lowest BCUT2D eigenvalue weighted by Crippen LogP contribution is -2.22. The van der Waals surface area contributed by atoms with Gasteiger partial charge in [-0.2, -0.15) is 0 Å². The molecule has 0 aromatic heterocycles. The number of halogens is 2. The number of carbonyl (C=O) groups is 2. The van der Waals surface area contributed by atoms with Crippen molar-refractivity contribution in [2.75, 3.05) is 17.7 Å². The molecule has 0 aliphatic heterocycles. The van der Waals surface area contributed by atoms with Crippen molar-refractivity contribution in [1.82, 2.24) is 0 Å². The molecule has 2 aromatic rings. The van der Waals surface area contributed by atoms with Crippen LogP contribution < -0.4 is 5.32 Å². The summed E-state index contributed by atoms with van der Waals surface area (Å²) in [6.07, 6.45) is -0.426. The van der Waals surface area contributed by atoms with Gasteiger partial charge in [-0.15, -0.1) is 0 Å². The zero-order chi connectivity index (χ0) is 19.2. The summed E-state index contributed by atoms with van der Waals surface area (Å²) in [6.45, 7) is -0.554. The Morgan fingerprint density at radius 1 is 1.12 bits per heavy atom. The highest BCUT2D eigenvalue weighted by Crippen LogP contribution is 2.15. The van der Waals surface area contributed by atoms with Gasteiger partial charge in [-0.25, -0.2) is 12.8 Å². The Kier molecular flexibility index (Phi) is 6.70. The Hall–Kier alpha value is -2.45. The molecule has 2 aromatic carbocycles. The Morgan fingerprint density at radius 2 is 1.81 bits per heavy atom. The summed E-state index contributed by atoms with van der Waals surface area (Å²) in [6, 6.07) is 10.7. The number of sulfone groups is 1. The lowest BCUT2D eigenvalue weighted by molar-refractivity contribution is -0.146. The van der Waals surface area contributed by atoms with Crippen molar-refractivity contribution in [3.63, 3.8) is 0 Å². The van der Waals surface area contributed by atoms with Crippen molar-refractivity contribution in [3.8, 4) is 0 Å². The van der Waals surface area contributed by atoms with E-state index in [-0.39, 0.29) is 4.90 Å². The highest BCUT2D eigenvalue weighted by Gasteiger charge is 2.18. The van der Waals surface area contributed by atoms with Crippen LogP contribution in [-0.2, 0) is 24.2 Å². The molecule has 0 aliphatic rings. The van der Waals surface area contributed by atoms with E-state index in [9.17, 15) is 22.4 Å². The molecule has 0 radical (unpaired) electrons. The van der Waals surface area contributed by atoms with Gasteiger partial charge >= 0.3 is 5.97 Å². The average Bonchev–Trinajstić information content (AvgIpc) is 2.59. The number of anilines is 1. The molecule has 0 bridgehead atoms. The van der Waals surface area contributed by atoms with Crippen molar-refractivity contribution in [2.45, 2.75) is 11.3 Å². The summed E-state index contributed by atoms with van der Waals surface area (Å²) in [4.78, 5) is 23.2. The molecule has 1 N–H and O–H groups in total. The van der Waals surface area contributed by atoms with Crippen molar-refractivity contribution in [2.24, 2.45) is 0 Å². The lowest BCUT2D eigenvalue weighted by Gasteiger charge is -2.07. The summed E-state index contributed by atoms with van der Waals surface area (Å²) < 4.78 is 41.7. The van der Waals surface area contributed by atoms with Gasteiger partial charge in [-0.1, -0.05) is 17.7 Å². The Balaban J connectivity index is 1.79. The molecule has 6 nitrogen and oxygen atoms in total. The van der Waals surface area contributed by atoms with Gasteiger partial charge in [0.05, 0.1) is 17.1 Å². The van der Waals surface area contributed by atoms with Crippen LogP contribution >= 0.6 is 11.6 Å². The summed E-state index contributed by atoms with van der Waals surface area (Å²) >= 11 is 5.78. The minimum Gasteiger partial charge on any atom is -0.456 e. The van der Waals surface area contributed by atoms with E-state index in [4.69, 9.17) is 16.3 Å². The van der Waals surface area contributed by atoms with E-state index in [1.165, 1.54) is 6.07 Å². The first-order chi connectivity index (χ1) is 12.3. The second kappa shape index (κ2) is 8.77. The van der Waals surface area contributed by atoms with Gasteiger partial charge in [0.2, 0.25) is 0 Å². The fourth-order valence-electron chi connectivity index (χ4n) is 1.96. The van der Waals surface area contributed by atoms with Crippen LogP contribution in [-0.4, -0.2) is 32.7 Å². The normalized spacial score (nSPS) is 11.0. The molecule has 0 fully saturated rings. The Bertz CT molecular complexity index is 900. The smallest absolute Gasteiger partial charge is 0.307 e. The number of ether oxygens (including phenoxy) is 1. The Morgan fingerprint density at radius 3 is 2.46 bits per heavy atom. The van der Waals surface area contributed by atoms with Crippen LogP contribution in [0.4, 0.5) is 10.1 Å². The van der Waals surface area contributed by atoms with E-state index in [2.05, 4.69) is 5.32 Å². The maximum Gasteiger partial charge on any atom is 0.307 e. The zero-order valence-corrected chi connectivity index (χ0v) is 15.0. The van der Waals surface area contributed by atoms with E-state index in [0.29, 0.717) is 10.7 Å². The molecule has 1 amide bonds. The topological polar surface area (TPSA) is 89.5 Å². The Labute approximate surface area is 154 Å². The molecule has 0 unspecified atom stereocenters. The molecule has 0 spiro atoms. The standard InChI is InChI=1S/C17H15ClFNO5S/c18-12-2-1-3-14(10-12)20-16(21)11-25-17(22)8-9-26(23,24)15-6-4-13(19)5-7-15/h1-7,10H,8-9,11H2,(H,20,21). The number of hydrogen-bond donors (Lipinski definition) is 1. The van der Waals surface area contributed by atoms with Gasteiger partial charge in [0.1, 0.15) is 5.82 Å². The summed E-state index contributed by atoms with van der Waals surface area (Å²) in [5, 5.41) is 2.92. The first-order valence-corrected chi connectivity index (χ1v) is 9.49. The third kappa shape index (κ3) is 6.12. The summed E-state index contributed by atoms with van der Waals surface area (Å²) in [7, 11) is -3.75. The number of esters is 1. The number of nitrogens with one attached hydrogen (secondary N) is 1. The number of hydrogen-bond acceptors (Lipinski definition) is 5. The van der Waals surface area contributed by atoms with Crippen LogP contribution in [0.2, 0.25) is 5.02 Å². The van der Waals surface area contributed by atoms with Crippen molar-refractivity contribution in [1.29, 1.82) is 0 Å². The van der Waals surface area contributed by atoms with Crippen LogP contribution in [0.25, 0.3) is 0 Å². The third-order valence-corrected chi connectivity index (χ3v) is 5.19. The molecule has 0 aliphatic carbocycles. The molecule has 0 atom stereocenters. The number of amides is 1. The zero-order valence-electron chi connectivity index (χ0n) is 13.4. The second-order valence-corrected chi connectivity index (χ2v) is 7.79. The van der Waals surface area contributed by atoms with Crippen LogP contribution in [0.15, 0.2) is 53.4 Å². The van der Waals surface area contributed by atoms with Crippen LogP contribution in [0.3, 0.4) is 0 Å². The van der Waals surface area contributed by atoms with Gasteiger partial charge in [-0.05, 0) is 42.5 Å². The highest BCUT2D eigenvalue weighted by molar-refractivity contribution is 7.91. The molecular weight excluding hydrogens is 385 g/mol. The second-order valence-electron chi connectivity index (χ2n) is 5.24. The first-order valence-electron chi connectivity index (χ1n) is 7.45. The quantitative estimate of drug-likeness (QED) is 0.571. The average molecular weight is 400 g/mol.